The van der Waals surface area contributed by atoms with Gasteiger partial charge in [0.2, 0.25) is 5.91 Å². The molecule has 0 aromatic heterocycles. The van der Waals surface area contributed by atoms with E-state index in [0.717, 1.165) is 49.6 Å². The van der Waals surface area contributed by atoms with E-state index in [2.05, 4.69) is 10.2 Å². The van der Waals surface area contributed by atoms with Gasteiger partial charge in [0, 0.05) is 49.9 Å². The van der Waals surface area contributed by atoms with Crippen LogP contribution in [-0.2, 0) is 11.2 Å². The summed E-state index contributed by atoms with van der Waals surface area (Å²) in [5.74, 6) is 1.07. The number of amides is 2. The summed E-state index contributed by atoms with van der Waals surface area (Å²) in [4.78, 5) is 28.9. The molecule has 4 rings (SSSR count). The third-order valence-electron chi connectivity index (χ3n) is 5.66. The largest absolute Gasteiger partial charge is 0.348 e. The van der Waals surface area contributed by atoms with Crippen LogP contribution >= 0.6 is 0 Å². The van der Waals surface area contributed by atoms with Crippen molar-refractivity contribution in [3.63, 3.8) is 0 Å². The van der Waals surface area contributed by atoms with Crippen molar-refractivity contribution in [2.24, 2.45) is 5.92 Å². The van der Waals surface area contributed by atoms with E-state index < -0.39 is 0 Å². The predicted octanol–water partition coefficient (Wildman–Crippen LogP) is 2.20. The van der Waals surface area contributed by atoms with E-state index in [9.17, 15) is 9.59 Å². The van der Waals surface area contributed by atoms with Gasteiger partial charge in [-0.3, -0.25) is 9.59 Å². The Morgan fingerprint density at radius 1 is 1.20 bits per heavy atom. The van der Waals surface area contributed by atoms with Gasteiger partial charge in [0.15, 0.2) is 0 Å². The molecule has 1 saturated heterocycles. The number of carbonyl (C=O) groups is 2. The van der Waals surface area contributed by atoms with Crippen molar-refractivity contribution in [2.45, 2.75) is 45.1 Å². The Bertz CT molecular complexity index is 684. The molecular weight excluding hydrogens is 314 g/mol. The third-order valence-corrected chi connectivity index (χ3v) is 5.66. The van der Waals surface area contributed by atoms with Crippen molar-refractivity contribution in [1.29, 1.82) is 0 Å². The summed E-state index contributed by atoms with van der Waals surface area (Å²) in [6.07, 6.45) is 5.14. The molecule has 2 fully saturated rings. The molecule has 5 heteroatoms. The average Bonchev–Trinajstić information content (AvgIpc) is 3.16. The molecule has 0 bridgehead atoms. The minimum Gasteiger partial charge on any atom is -0.348 e. The number of nitrogens with zero attached hydrogens (tertiary/aromatic N) is 2. The van der Waals surface area contributed by atoms with Crippen LogP contribution in [0, 0.1) is 5.92 Å². The molecule has 3 aliphatic rings. The molecule has 25 heavy (non-hydrogen) atoms. The third kappa shape index (κ3) is 3.56. The van der Waals surface area contributed by atoms with Crippen LogP contribution < -0.4 is 10.2 Å². The molecule has 134 valence electrons. The lowest BCUT2D eigenvalue weighted by Crippen LogP contribution is -2.37. The number of benzene rings is 1. The molecule has 1 saturated carbocycles. The second-order valence-electron chi connectivity index (χ2n) is 7.65. The van der Waals surface area contributed by atoms with Gasteiger partial charge < -0.3 is 15.1 Å². The summed E-state index contributed by atoms with van der Waals surface area (Å²) in [5.41, 5.74) is 2.79. The molecular formula is C20H27N3O2. The van der Waals surface area contributed by atoms with Gasteiger partial charge in [-0.25, -0.2) is 0 Å². The number of rotatable bonds is 5. The lowest BCUT2D eigenvalue weighted by molar-refractivity contribution is -0.118. The molecule has 1 aliphatic carbocycles. The number of nitrogens with one attached hydrogen (secondary N) is 1. The van der Waals surface area contributed by atoms with Crippen LogP contribution in [0.25, 0.3) is 0 Å². The van der Waals surface area contributed by atoms with Crippen molar-refractivity contribution in [2.75, 3.05) is 31.1 Å². The Morgan fingerprint density at radius 2 is 2.04 bits per heavy atom. The molecule has 2 amide bonds. The first-order chi connectivity index (χ1) is 12.1. The highest BCUT2D eigenvalue weighted by Crippen LogP contribution is 2.31. The van der Waals surface area contributed by atoms with Crippen molar-refractivity contribution in [3.05, 3.63) is 29.3 Å². The summed E-state index contributed by atoms with van der Waals surface area (Å²) >= 11 is 0. The summed E-state index contributed by atoms with van der Waals surface area (Å²) in [5, 5.41) is 3.19. The van der Waals surface area contributed by atoms with Crippen molar-refractivity contribution in [3.8, 4) is 0 Å². The van der Waals surface area contributed by atoms with Crippen LogP contribution in [0.15, 0.2) is 18.2 Å². The van der Waals surface area contributed by atoms with Gasteiger partial charge >= 0.3 is 0 Å². The number of hydrogen-bond donors (Lipinski definition) is 1. The number of likely N-dealkylation sites (tertiary alicyclic amines) is 1. The molecule has 2 aliphatic heterocycles. The minimum absolute atomic E-state index is 0.0151. The molecule has 1 atom stereocenters. The van der Waals surface area contributed by atoms with Crippen molar-refractivity contribution in [1.82, 2.24) is 10.2 Å². The Hall–Kier alpha value is -1.88. The Balaban J connectivity index is 1.37. The van der Waals surface area contributed by atoms with Crippen LogP contribution in [0.1, 0.15) is 48.5 Å². The molecule has 0 radical (unpaired) electrons. The Labute approximate surface area is 149 Å². The van der Waals surface area contributed by atoms with Crippen LogP contribution in [-0.4, -0.2) is 48.9 Å². The SMILES string of the molecule is CCC(=O)N1CCc2cc(C(=O)NC3CCN(CC4CC4)C3)ccc21. The van der Waals surface area contributed by atoms with Gasteiger partial charge in [0.25, 0.3) is 5.91 Å². The molecule has 1 unspecified atom stereocenters. The molecule has 1 aromatic carbocycles. The van der Waals surface area contributed by atoms with Gasteiger partial charge in [-0.15, -0.1) is 0 Å². The lowest BCUT2D eigenvalue weighted by atomic mass is 10.1. The maximum Gasteiger partial charge on any atom is 0.251 e. The van der Waals surface area contributed by atoms with Crippen LogP contribution in [0.4, 0.5) is 5.69 Å². The average molecular weight is 341 g/mol. The second kappa shape index (κ2) is 6.79. The zero-order chi connectivity index (χ0) is 17.4. The Morgan fingerprint density at radius 3 is 2.80 bits per heavy atom. The van der Waals surface area contributed by atoms with E-state index >= 15 is 0 Å². The zero-order valence-corrected chi connectivity index (χ0v) is 15.0. The first-order valence-corrected chi connectivity index (χ1v) is 9.60. The van der Waals surface area contributed by atoms with Gasteiger partial charge in [0.1, 0.15) is 0 Å². The van der Waals surface area contributed by atoms with Crippen LogP contribution in [0.3, 0.4) is 0 Å². The lowest BCUT2D eigenvalue weighted by Gasteiger charge is -2.17. The summed E-state index contributed by atoms with van der Waals surface area (Å²) in [7, 11) is 0. The van der Waals surface area contributed by atoms with Crippen LogP contribution in [0.2, 0.25) is 0 Å². The topological polar surface area (TPSA) is 52.7 Å². The minimum atomic E-state index is 0.0151. The molecule has 1 aromatic rings. The maximum atomic E-state index is 12.6. The first kappa shape index (κ1) is 16.6. The number of anilines is 1. The smallest absolute Gasteiger partial charge is 0.251 e. The predicted molar refractivity (Wildman–Crippen MR) is 97.8 cm³/mol. The van der Waals surface area contributed by atoms with Gasteiger partial charge in [0.05, 0.1) is 0 Å². The summed E-state index contributed by atoms with van der Waals surface area (Å²) in [6.45, 7) is 5.89. The monoisotopic (exact) mass is 341 g/mol. The van der Waals surface area contributed by atoms with E-state index in [-0.39, 0.29) is 17.9 Å². The molecule has 1 N–H and O–H groups in total. The standard InChI is InChI=1S/C20H27N3O2/c1-2-19(24)23-10-7-15-11-16(5-6-18(15)23)20(25)21-17-8-9-22(13-17)12-14-3-4-14/h5-6,11,14,17H,2-4,7-10,12-13H2,1H3,(H,21,25). The van der Waals surface area contributed by atoms with Crippen LogP contribution in [0.5, 0.6) is 0 Å². The Kier molecular flexibility index (Phi) is 4.50. The molecule has 5 nitrogen and oxygen atoms in total. The number of fused-ring (bicyclic) bond motifs is 1. The van der Waals surface area contributed by atoms with E-state index in [4.69, 9.17) is 0 Å². The van der Waals surface area contributed by atoms with Crippen molar-refractivity contribution >= 4 is 17.5 Å². The van der Waals surface area contributed by atoms with Crippen molar-refractivity contribution < 1.29 is 9.59 Å². The van der Waals surface area contributed by atoms with E-state index in [1.54, 1.807) is 0 Å². The van der Waals surface area contributed by atoms with Gasteiger partial charge in [-0.05, 0) is 55.4 Å². The first-order valence-electron chi connectivity index (χ1n) is 9.60. The highest BCUT2D eigenvalue weighted by molar-refractivity contribution is 5.98. The van der Waals surface area contributed by atoms with Gasteiger partial charge in [-0.2, -0.15) is 0 Å². The fraction of sp³-hybridized carbons (Fsp3) is 0.600. The zero-order valence-electron chi connectivity index (χ0n) is 15.0. The van der Waals surface area contributed by atoms with Gasteiger partial charge in [-0.1, -0.05) is 6.92 Å². The van der Waals surface area contributed by atoms with E-state index in [0.29, 0.717) is 12.0 Å². The summed E-state index contributed by atoms with van der Waals surface area (Å²) in [6, 6.07) is 6.01. The highest BCUT2D eigenvalue weighted by Gasteiger charge is 2.30. The second-order valence-corrected chi connectivity index (χ2v) is 7.65. The normalized spacial score (nSPS) is 22.9. The highest BCUT2D eigenvalue weighted by atomic mass is 16.2. The molecule has 2 heterocycles. The number of hydrogen-bond acceptors (Lipinski definition) is 3. The van der Waals surface area contributed by atoms with E-state index in [1.165, 1.54) is 19.4 Å². The molecule has 0 spiro atoms. The maximum absolute atomic E-state index is 12.6. The fourth-order valence-corrected chi connectivity index (χ4v) is 4.04. The fourth-order valence-electron chi connectivity index (χ4n) is 4.04. The summed E-state index contributed by atoms with van der Waals surface area (Å²) < 4.78 is 0. The number of carbonyl (C=O) groups excluding carboxylic acids is 2. The van der Waals surface area contributed by atoms with E-state index in [1.807, 2.05) is 30.0 Å². The quantitative estimate of drug-likeness (QED) is 0.893.